The van der Waals surface area contributed by atoms with Crippen molar-refractivity contribution in [1.82, 2.24) is 34.5 Å². The Balaban J connectivity index is 1.19. The molecule has 52 heavy (non-hydrogen) atoms. The largest absolute Gasteiger partial charge is 0.483 e. The van der Waals surface area contributed by atoms with Crippen molar-refractivity contribution < 1.29 is 72.4 Å². The van der Waals surface area contributed by atoms with Crippen LogP contribution in [0.4, 0.5) is 5.95 Å². The fraction of sp³-hybridized carbons (Fsp3) is 0.731. The molecule has 4 unspecified atom stereocenters. The summed E-state index contributed by atoms with van der Waals surface area (Å²) in [7, 11) is -11.2. The summed E-state index contributed by atoms with van der Waals surface area (Å²) in [6.45, 7) is 2.60. The van der Waals surface area contributed by atoms with Gasteiger partial charge in [-0.1, -0.05) is 38.3 Å². The van der Waals surface area contributed by atoms with Crippen LogP contribution in [0.2, 0.25) is 0 Å². The van der Waals surface area contributed by atoms with Gasteiger partial charge in [0.1, 0.15) is 54.5 Å². The predicted molar refractivity (Wildman–Crippen MR) is 171 cm³/mol. The molecular weight excluding hydrogens is 742 g/mol. The van der Waals surface area contributed by atoms with Crippen molar-refractivity contribution in [3.8, 4) is 0 Å². The molecule has 3 aromatic heterocycles. The second-order valence-electron chi connectivity index (χ2n) is 12.4. The number of anilines is 1. The molecule has 0 spiro atoms. The number of aliphatic hydroxyl groups excluding tert-OH is 6. The summed E-state index contributed by atoms with van der Waals surface area (Å²) >= 11 is 0. The average molecular weight is 785 g/mol. The van der Waals surface area contributed by atoms with E-state index < -0.39 is 89.2 Å². The number of hydrogen-bond donors (Lipinski definition) is 10. The lowest BCUT2D eigenvalue weighted by molar-refractivity contribution is -0.278. The average Bonchev–Trinajstić information content (AvgIpc) is 3.79. The second-order valence-corrected chi connectivity index (χ2v) is 15.4. The van der Waals surface area contributed by atoms with Crippen LogP contribution in [0.1, 0.15) is 57.6 Å². The first-order valence-electron chi connectivity index (χ1n) is 16.2. The van der Waals surface area contributed by atoms with E-state index in [0.29, 0.717) is 6.42 Å². The number of rotatable bonds is 16. The highest BCUT2D eigenvalue weighted by atomic mass is 31.3. The summed E-state index contributed by atoms with van der Waals surface area (Å²) in [5.41, 5.74) is 4.83. The fourth-order valence-corrected chi connectivity index (χ4v) is 8.03. The predicted octanol–water partition coefficient (Wildman–Crippen LogP) is -2.08. The molecule has 2 aliphatic rings. The molecule has 0 amide bonds. The first kappa shape index (κ1) is 40.4. The monoisotopic (exact) mass is 784 g/mol. The highest BCUT2D eigenvalue weighted by Gasteiger charge is 2.50. The van der Waals surface area contributed by atoms with Crippen molar-refractivity contribution in [2.45, 2.75) is 107 Å². The number of H-pyrrole nitrogens is 1. The summed E-state index contributed by atoms with van der Waals surface area (Å²) < 4.78 is 52.4. The van der Waals surface area contributed by atoms with Gasteiger partial charge in [0, 0.05) is 0 Å². The number of imidazole rings is 1. The van der Waals surface area contributed by atoms with Gasteiger partial charge in [-0.05, 0) is 12.3 Å². The van der Waals surface area contributed by atoms with Gasteiger partial charge in [0.05, 0.1) is 25.7 Å². The Morgan fingerprint density at radius 3 is 2.42 bits per heavy atom. The second kappa shape index (κ2) is 16.3. The number of ether oxygens (including phenoxy) is 2. The van der Waals surface area contributed by atoms with E-state index in [-0.39, 0.29) is 35.3 Å². The lowest BCUT2D eigenvalue weighted by atomic mass is 9.92. The molecule has 3 aromatic rings. The van der Waals surface area contributed by atoms with Crippen LogP contribution >= 0.6 is 15.6 Å². The number of nitrogens with one attached hydrogen (secondary N) is 1. The molecule has 26 heteroatoms. The van der Waals surface area contributed by atoms with E-state index in [2.05, 4.69) is 29.6 Å². The normalized spacial score (nSPS) is 31.7. The minimum absolute atomic E-state index is 0.0881. The third kappa shape index (κ3) is 8.94. The lowest BCUT2D eigenvalue weighted by Crippen LogP contribution is -2.58. The van der Waals surface area contributed by atoms with E-state index in [1.807, 2.05) is 13.8 Å². The molecule has 0 bridgehead atoms. The van der Waals surface area contributed by atoms with Crippen molar-refractivity contribution in [3.05, 3.63) is 28.6 Å². The number of nitrogen functional groups attached to an aromatic ring is 1. The molecule has 2 saturated heterocycles. The smallest absolute Gasteiger partial charge is 0.388 e. The number of nitrogens with two attached hydrogens (primary N) is 1. The van der Waals surface area contributed by atoms with E-state index in [4.69, 9.17) is 24.3 Å². The van der Waals surface area contributed by atoms with Crippen LogP contribution in [0.25, 0.3) is 11.2 Å². The number of aromatic nitrogens is 7. The summed E-state index contributed by atoms with van der Waals surface area (Å²) in [5, 5.41) is 71.1. The van der Waals surface area contributed by atoms with Crippen molar-refractivity contribution in [1.29, 1.82) is 0 Å². The van der Waals surface area contributed by atoms with Crippen molar-refractivity contribution >= 4 is 32.8 Å². The van der Waals surface area contributed by atoms with Gasteiger partial charge in [0.25, 0.3) is 5.56 Å². The minimum atomic E-state index is -5.69. The van der Waals surface area contributed by atoms with Crippen LogP contribution in [-0.2, 0) is 38.5 Å². The van der Waals surface area contributed by atoms with Gasteiger partial charge in [-0.25, -0.2) is 18.8 Å². The summed E-state index contributed by atoms with van der Waals surface area (Å²) in [4.78, 5) is 42.6. The molecule has 24 nitrogen and oxygen atoms in total. The van der Waals surface area contributed by atoms with Gasteiger partial charge >= 0.3 is 15.6 Å². The van der Waals surface area contributed by atoms with E-state index in [1.165, 1.54) is 10.9 Å². The molecule has 0 aromatic carbocycles. The molecule has 2 aliphatic heterocycles. The van der Waals surface area contributed by atoms with Gasteiger partial charge in [0.2, 0.25) is 5.95 Å². The van der Waals surface area contributed by atoms with Crippen molar-refractivity contribution in [2.75, 3.05) is 12.3 Å². The number of aromatic amines is 1. The van der Waals surface area contributed by atoms with Crippen LogP contribution in [0, 0.1) is 5.92 Å². The summed E-state index contributed by atoms with van der Waals surface area (Å²) in [5.74, 6) is -0.369. The number of aliphatic hydroxyl groups is 6. The molecule has 13 atom stereocenters. The van der Waals surface area contributed by atoms with Crippen molar-refractivity contribution in [3.63, 3.8) is 0 Å². The van der Waals surface area contributed by atoms with Gasteiger partial charge in [-0.15, -0.1) is 5.10 Å². The van der Waals surface area contributed by atoms with E-state index in [9.17, 15) is 54.4 Å². The molecule has 0 aliphatic carbocycles. The fourth-order valence-electron chi connectivity index (χ4n) is 5.87. The number of nitrogens with zero attached hydrogens (tertiary/aromatic N) is 6. The maximum Gasteiger partial charge on any atom is 0.483 e. The summed E-state index contributed by atoms with van der Waals surface area (Å²) in [6, 6.07) is 0. The molecule has 0 radical (unpaired) electrons. The number of phosphoric acid groups is 2. The Kier molecular flexibility index (Phi) is 12.7. The Labute approximate surface area is 293 Å². The van der Waals surface area contributed by atoms with E-state index >= 15 is 0 Å². The molecule has 2 fully saturated rings. The van der Waals surface area contributed by atoms with Crippen molar-refractivity contribution in [2.24, 2.45) is 5.92 Å². The lowest BCUT2D eigenvalue weighted by Gasteiger charge is -2.40. The maximum absolute atomic E-state index is 12.8. The quantitative estimate of drug-likeness (QED) is 0.0697. The van der Waals surface area contributed by atoms with Crippen LogP contribution in [0.15, 0.2) is 17.3 Å². The number of fused-ring (bicyclic) bond motifs is 1. The summed E-state index contributed by atoms with van der Waals surface area (Å²) in [6.07, 6.45) is -11.3. The molecule has 11 N–H and O–H groups in total. The van der Waals surface area contributed by atoms with Crippen LogP contribution in [0.3, 0.4) is 0 Å². The standard InChI is InChI=1S/C26H42N8O16P2/c1-3-5-6-11(4-2)16(35)12-7-33(32-31-12)8-13-17(36)19(38)21(40)25(48-13)49-52(44,45)50-51(42,43)46-9-14-18(37)20(39)24(47-14)34-10-28-15-22(34)29-26(27)30-23(15)41/h7,10-11,13-14,16-21,24-25,35-40H,3-6,8-9H2,1-2H3,(H,42,43)(H,44,45)(H3,27,29,30,41)/t11?,13-,14+,16?,17+,18+,19+,20+,21-,24+,25+/m0/s1. The first-order chi connectivity index (χ1) is 24.4. The molecular formula is C26H42N8O16P2. The number of phosphoric ester groups is 2. The van der Waals surface area contributed by atoms with Gasteiger partial charge in [0.15, 0.2) is 23.7 Å². The maximum atomic E-state index is 12.8. The molecule has 5 rings (SSSR count). The van der Waals surface area contributed by atoms with Gasteiger partial charge in [-0.2, -0.15) is 9.29 Å². The molecule has 0 saturated carbocycles. The highest BCUT2D eigenvalue weighted by molar-refractivity contribution is 7.61. The molecule has 5 heterocycles. The Bertz CT molecular complexity index is 1830. The topological polar surface area (TPSA) is 362 Å². The Morgan fingerprint density at radius 1 is 1.02 bits per heavy atom. The van der Waals surface area contributed by atoms with E-state index in [0.717, 1.165) is 30.2 Å². The van der Waals surface area contributed by atoms with E-state index in [1.54, 1.807) is 0 Å². The first-order valence-corrected chi connectivity index (χ1v) is 19.2. The van der Waals surface area contributed by atoms with Gasteiger partial charge in [-0.3, -0.25) is 23.4 Å². The highest BCUT2D eigenvalue weighted by Crippen LogP contribution is 2.61. The SMILES string of the molecule is CCCCC(CC)C(O)c1cn(C[C@@H]2O[C@H](OP(=O)(O)OP(=O)(O)OC[C@H]3O[C@@H](n4cnc5c(=O)[nH]c(N)nc54)[C@H](O)[C@@H]3O)[C@@H](O)[C@H](O)[C@@H]2O)nn1. The zero-order chi connectivity index (χ0) is 38.1. The minimum Gasteiger partial charge on any atom is -0.388 e. The number of hydrogen-bond acceptors (Lipinski definition) is 19. The Morgan fingerprint density at radius 2 is 1.73 bits per heavy atom. The third-order valence-electron chi connectivity index (χ3n) is 8.70. The molecule has 292 valence electrons. The van der Waals surface area contributed by atoms with Gasteiger partial charge < -0.3 is 55.6 Å². The Hall–Kier alpha value is -2.77. The van der Waals surface area contributed by atoms with Crippen LogP contribution in [-0.4, -0.2) is 131 Å². The van der Waals surface area contributed by atoms with Crippen LogP contribution in [0.5, 0.6) is 0 Å². The zero-order valence-electron chi connectivity index (χ0n) is 27.7. The zero-order valence-corrected chi connectivity index (χ0v) is 29.5. The third-order valence-corrected chi connectivity index (χ3v) is 11.3. The number of unbranched alkanes of at least 4 members (excludes halogenated alkanes) is 1. The van der Waals surface area contributed by atoms with Crippen LogP contribution < -0.4 is 11.3 Å².